The van der Waals surface area contributed by atoms with Gasteiger partial charge in [-0.1, -0.05) is 36.9 Å². The molecule has 0 unspecified atom stereocenters. The van der Waals surface area contributed by atoms with Gasteiger partial charge in [0.1, 0.15) is 0 Å². The molecular weight excluding hydrogens is 298 g/mol. The Morgan fingerprint density at radius 3 is 2.65 bits per heavy atom. The van der Waals surface area contributed by atoms with Gasteiger partial charge in [0.25, 0.3) is 0 Å². The predicted octanol–water partition coefficient (Wildman–Crippen LogP) is 2.91. The van der Waals surface area contributed by atoms with E-state index in [1.54, 1.807) is 30.3 Å². The molecule has 1 heterocycles. The van der Waals surface area contributed by atoms with Crippen molar-refractivity contribution in [1.82, 2.24) is 4.98 Å². The number of benzene rings is 1. The number of ether oxygens (including phenoxy) is 1. The molecule has 0 amide bonds. The van der Waals surface area contributed by atoms with Gasteiger partial charge in [-0.05, 0) is 16.6 Å². The van der Waals surface area contributed by atoms with Crippen LogP contribution in [0.1, 0.15) is 21.6 Å². The van der Waals surface area contributed by atoms with Crippen molar-refractivity contribution in [3.8, 4) is 0 Å². The molecule has 0 spiro atoms. The molecule has 7 nitrogen and oxygen atoms in total. The van der Waals surface area contributed by atoms with Crippen LogP contribution in [0.5, 0.6) is 0 Å². The maximum Gasteiger partial charge on any atom is 0.378 e. The van der Waals surface area contributed by atoms with Crippen molar-refractivity contribution < 1.29 is 14.5 Å². The number of hydrogen-bond acceptors (Lipinski definition) is 5. The fraction of sp³-hybridized carbons (Fsp3) is 0.0625. The van der Waals surface area contributed by atoms with E-state index in [-0.39, 0.29) is 17.1 Å². The number of carbonyl (C=O) groups excluding carboxylic acids is 1. The number of aromatic amines is 1. The third-order valence-electron chi connectivity index (χ3n) is 3.21. The number of H-pyrrole nitrogens is 1. The lowest BCUT2D eigenvalue weighted by Gasteiger charge is -2.08. The minimum atomic E-state index is -0.696. The highest BCUT2D eigenvalue weighted by Gasteiger charge is 2.26. The number of allylic oxidation sites excluding steroid dienone is 2. The Kier molecular flexibility index (Phi) is 4.61. The number of rotatable bonds is 5. The number of nitro groups is 1. The summed E-state index contributed by atoms with van der Waals surface area (Å²) >= 11 is 0. The van der Waals surface area contributed by atoms with Crippen LogP contribution in [-0.4, -0.2) is 23.0 Å². The lowest BCUT2D eigenvalue weighted by atomic mass is 9.97. The van der Waals surface area contributed by atoms with Gasteiger partial charge in [-0.25, -0.2) is 9.78 Å². The molecule has 3 N–H and O–H groups in total. The monoisotopic (exact) mass is 313 g/mol. The molecule has 2 rings (SSSR count). The topological polar surface area (TPSA) is 111 Å². The third-order valence-corrected chi connectivity index (χ3v) is 3.21. The summed E-state index contributed by atoms with van der Waals surface area (Å²) in [6.07, 6.45) is 3.10. The highest BCUT2D eigenvalue weighted by molar-refractivity contribution is 5.94. The molecule has 0 radical (unpaired) electrons. The van der Waals surface area contributed by atoms with Crippen LogP contribution in [0, 0.1) is 10.1 Å². The molecule has 0 saturated carbocycles. The summed E-state index contributed by atoms with van der Waals surface area (Å²) in [5.41, 5.74) is 7.72. The molecule has 23 heavy (non-hydrogen) atoms. The molecule has 2 aromatic rings. The van der Waals surface area contributed by atoms with Gasteiger partial charge in [0, 0.05) is 17.3 Å². The van der Waals surface area contributed by atoms with Crippen molar-refractivity contribution in [3.05, 3.63) is 76.0 Å². The van der Waals surface area contributed by atoms with Gasteiger partial charge >= 0.3 is 11.8 Å². The molecule has 0 aliphatic carbocycles. The van der Waals surface area contributed by atoms with E-state index in [0.717, 1.165) is 0 Å². The largest absolute Gasteiger partial charge is 0.463 e. The number of hydrogen-bond donors (Lipinski definition) is 2. The second-order valence-electron chi connectivity index (χ2n) is 4.60. The van der Waals surface area contributed by atoms with E-state index in [0.29, 0.717) is 16.8 Å². The first-order chi connectivity index (χ1) is 11.0. The van der Waals surface area contributed by atoms with Crippen molar-refractivity contribution in [3.63, 3.8) is 0 Å². The number of nitrogens with zero attached hydrogens (tertiary/aromatic N) is 1. The number of methoxy groups -OCH3 is 1. The van der Waals surface area contributed by atoms with E-state index in [1.165, 1.54) is 19.3 Å². The molecule has 0 aliphatic rings. The van der Waals surface area contributed by atoms with Crippen LogP contribution >= 0.6 is 0 Å². The van der Waals surface area contributed by atoms with Crippen molar-refractivity contribution in [2.45, 2.75) is 0 Å². The molecule has 0 fully saturated rings. The number of nitrogen functional groups attached to an aromatic ring is 1. The van der Waals surface area contributed by atoms with Crippen LogP contribution in [0.25, 0.3) is 5.57 Å². The maximum absolute atomic E-state index is 11.6. The number of nitrogens with two attached hydrogens (primary N) is 1. The molecule has 0 aliphatic heterocycles. The summed E-state index contributed by atoms with van der Waals surface area (Å²) in [4.78, 5) is 24.8. The maximum atomic E-state index is 11.6. The zero-order chi connectivity index (χ0) is 17.0. The van der Waals surface area contributed by atoms with Gasteiger partial charge in [-0.2, -0.15) is 0 Å². The Balaban J connectivity index is 2.69. The normalized spacial score (nSPS) is 11.1. The Morgan fingerprint density at radius 1 is 1.39 bits per heavy atom. The van der Waals surface area contributed by atoms with E-state index >= 15 is 0 Å². The first kappa shape index (κ1) is 16.0. The number of nitrogens with one attached hydrogen (secondary N) is 1. The third kappa shape index (κ3) is 3.13. The fourth-order valence-electron chi connectivity index (χ4n) is 2.20. The average Bonchev–Trinajstić information content (AvgIpc) is 2.98. The number of aromatic nitrogens is 1. The van der Waals surface area contributed by atoms with E-state index in [1.807, 2.05) is 0 Å². The number of anilines is 1. The number of esters is 1. The lowest BCUT2D eigenvalue weighted by molar-refractivity contribution is -0.389. The van der Waals surface area contributed by atoms with Crippen molar-refractivity contribution in [2.24, 2.45) is 0 Å². The predicted molar refractivity (Wildman–Crippen MR) is 86.9 cm³/mol. The smallest absolute Gasteiger partial charge is 0.378 e. The van der Waals surface area contributed by atoms with Crippen LogP contribution in [0.2, 0.25) is 0 Å². The van der Waals surface area contributed by atoms with Gasteiger partial charge in [-0.3, -0.25) is 0 Å². The fourth-order valence-corrected chi connectivity index (χ4v) is 2.20. The summed E-state index contributed by atoms with van der Waals surface area (Å²) in [6.45, 7) is 3.62. The molecule has 118 valence electrons. The van der Waals surface area contributed by atoms with Gasteiger partial charge in [-0.15, -0.1) is 0 Å². The molecule has 0 bridgehead atoms. The quantitative estimate of drug-likeness (QED) is 0.290. The number of para-hydroxylation sites is 1. The van der Waals surface area contributed by atoms with Crippen LogP contribution < -0.4 is 5.73 Å². The molecule has 0 saturated heterocycles. The molecule has 7 heteroatoms. The van der Waals surface area contributed by atoms with Crippen molar-refractivity contribution in [2.75, 3.05) is 12.8 Å². The summed E-state index contributed by atoms with van der Waals surface area (Å²) < 4.78 is 4.60. The number of carbonyl (C=O) groups is 1. The highest BCUT2D eigenvalue weighted by Crippen LogP contribution is 2.34. The van der Waals surface area contributed by atoms with Gasteiger partial charge < -0.3 is 20.6 Å². The van der Waals surface area contributed by atoms with Crippen LogP contribution in [0.4, 0.5) is 11.5 Å². The summed E-state index contributed by atoms with van der Waals surface area (Å²) in [5.74, 6) is -1.01. The summed E-state index contributed by atoms with van der Waals surface area (Å²) in [7, 11) is 1.20. The van der Waals surface area contributed by atoms with Gasteiger partial charge in [0.15, 0.2) is 0 Å². The molecule has 0 atom stereocenters. The van der Waals surface area contributed by atoms with E-state index in [2.05, 4.69) is 16.3 Å². The van der Waals surface area contributed by atoms with Crippen LogP contribution in [0.15, 0.2) is 49.1 Å². The summed E-state index contributed by atoms with van der Waals surface area (Å²) in [5, 5.41) is 11.3. The molecule has 1 aromatic heterocycles. The molecular formula is C16H15N3O4. The second-order valence-corrected chi connectivity index (χ2v) is 4.60. The average molecular weight is 313 g/mol. The summed E-state index contributed by atoms with van der Waals surface area (Å²) in [6, 6.07) is 8.31. The van der Waals surface area contributed by atoms with E-state index in [4.69, 9.17) is 5.73 Å². The van der Waals surface area contributed by atoms with Gasteiger partial charge in [0.05, 0.1) is 12.7 Å². The van der Waals surface area contributed by atoms with Crippen molar-refractivity contribution >= 4 is 23.0 Å². The highest BCUT2D eigenvalue weighted by atomic mass is 16.6. The SMILES string of the molecule is C=C/C=C(\c1ccccc1N)c1cc(C(=O)OC)[nH]c1[N+](=O)[O-]. The zero-order valence-electron chi connectivity index (χ0n) is 12.4. The minimum absolute atomic E-state index is 0.0151. The van der Waals surface area contributed by atoms with Crippen LogP contribution in [0.3, 0.4) is 0 Å². The van der Waals surface area contributed by atoms with Crippen molar-refractivity contribution in [1.29, 1.82) is 0 Å². The standard InChI is InChI=1S/C16H15N3O4/c1-3-6-10(11-7-4-5-8-13(11)17)12-9-14(16(20)23-2)18-15(12)19(21)22/h3-9,18H,1,17H2,2H3/b10-6+. The first-order valence-electron chi connectivity index (χ1n) is 6.63. The first-order valence-corrected chi connectivity index (χ1v) is 6.63. The van der Waals surface area contributed by atoms with E-state index in [9.17, 15) is 14.9 Å². The molecule has 1 aromatic carbocycles. The Morgan fingerprint density at radius 2 is 2.09 bits per heavy atom. The van der Waals surface area contributed by atoms with E-state index < -0.39 is 10.9 Å². The Bertz CT molecular complexity index is 805. The second kappa shape index (κ2) is 6.61. The van der Waals surface area contributed by atoms with Gasteiger partial charge in [0.2, 0.25) is 5.69 Å². The minimum Gasteiger partial charge on any atom is -0.463 e. The zero-order valence-corrected chi connectivity index (χ0v) is 12.4. The van der Waals surface area contributed by atoms with Crippen LogP contribution in [-0.2, 0) is 4.74 Å². The Labute approximate surface area is 132 Å². The lowest BCUT2D eigenvalue weighted by Crippen LogP contribution is -2.01. The Hall–Kier alpha value is -3.35.